The summed E-state index contributed by atoms with van der Waals surface area (Å²) in [5.74, 6) is 0.634. The van der Waals surface area contributed by atoms with E-state index in [0.29, 0.717) is 12.5 Å². The predicted octanol–water partition coefficient (Wildman–Crippen LogP) is 1.78. The van der Waals surface area contributed by atoms with E-state index in [0.717, 1.165) is 68.9 Å². The van der Waals surface area contributed by atoms with Crippen LogP contribution in [0.15, 0.2) is 53.7 Å². The lowest BCUT2D eigenvalue weighted by Gasteiger charge is -2.36. The highest BCUT2D eigenvalue weighted by atomic mass is 16.5. The Morgan fingerprint density at radius 1 is 1.06 bits per heavy atom. The second kappa shape index (κ2) is 9.03. The molecule has 2 aliphatic rings. The molecule has 2 aliphatic heterocycles. The number of anilines is 1. The SMILES string of the molecule is O=c1ccccn1CCN1CCN(c2ccc3ncnc(OC4CCOC4)c3c2)CC1. The molecule has 0 aliphatic carbocycles. The molecule has 4 heterocycles. The molecule has 2 saturated heterocycles. The number of hydrogen-bond donors (Lipinski definition) is 0. The van der Waals surface area contributed by atoms with Gasteiger partial charge in [-0.05, 0) is 24.3 Å². The highest BCUT2D eigenvalue weighted by Gasteiger charge is 2.21. The van der Waals surface area contributed by atoms with Crippen LogP contribution in [0.2, 0.25) is 0 Å². The second-order valence-corrected chi connectivity index (χ2v) is 8.04. The zero-order valence-corrected chi connectivity index (χ0v) is 17.5. The molecule has 0 radical (unpaired) electrons. The number of nitrogens with zero attached hydrogens (tertiary/aromatic N) is 5. The fourth-order valence-corrected chi connectivity index (χ4v) is 4.20. The molecule has 162 valence electrons. The molecule has 8 nitrogen and oxygen atoms in total. The van der Waals surface area contributed by atoms with Crippen LogP contribution in [0.25, 0.3) is 10.9 Å². The predicted molar refractivity (Wildman–Crippen MR) is 119 cm³/mol. The van der Waals surface area contributed by atoms with Crippen molar-refractivity contribution in [2.75, 3.05) is 50.8 Å². The van der Waals surface area contributed by atoms with E-state index in [1.54, 1.807) is 23.0 Å². The minimum absolute atomic E-state index is 0.0571. The van der Waals surface area contributed by atoms with Crippen LogP contribution >= 0.6 is 0 Å². The Kier molecular flexibility index (Phi) is 5.82. The maximum Gasteiger partial charge on any atom is 0.250 e. The Labute approximate surface area is 181 Å². The first-order chi connectivity index (χ1) is 15.3. The van der Waals surface area contributed by atoms with E-state index in [9.17, 15) is 4.79 Å². The summed E-state index contributed by atoms with van der Waals surface area (Å²) in [5.41, 5.74) is 2.11. The third-order valence-corrected chi connectivity index (χ3v) is 6.04. The largest absolute Gasteiger partial charge is 0.471 e. The van der Waals surface area contributed by atoms with Gasteiger partial charge in [0.15, 0.2) is 0 Å². The fourth-order valence-electron chi connectivity index (χ4n) is 4.20. The Hall–Kier alpha value is -2.97. The van der Waals surface area contributed by atoms with Crippen molar-refractivity contribution in [3.63, 3.8) is 0 Å². The summed E-state index contributed by atoms with van der Waals surface area (Å²) in [6, 6.07) is 11.6. The summed E-state index contributed by atoms with van der Waals surface area (Å²) in [6.07, 6.45) is 4.36. The van der Waals surface area contributed by atoms with Gasteiger partial charge in [-0.1, -0.05) is 6.07 Å². The zero-order valence-electron chi connectivity index (χ0n) is 17.5. The summed E-state index contributed by atoms with van der Waals surface area (Å²) in [7, 11) is 0. The van der Waals surface area contributed by atoms with Crippen LogP contribution in [0.1, 0.15) is 6.42 Å². The first-order valence-electron chi connectivity index (χ1n) is 10.9. The first kappa shape index (κ1) is 20.0. The number of fused-ring (bicyclic) bond motifs is 1. The van der Waals surface area contributed by atoms with Crippen molar-refractivity contribution >= 4 is 16.6 Å². The quantitative estimate of drug-likeness (QED) is 0.601. The van der Waals surface area contributed by atoms with Crippen molar-refractivity contribution in [1.29, 1.82) is 0 Å². The van der Waals surface area contributed by atoms with E-state index < -0.39 is 0 Å². The number of hydrogen-bond acceptors (Lipinski definition) is 7. The lowest BCUT2D eigenvalue weighted by molar-refractivity contribution is 0.139. The molecular formula is C23H27N5O3. The number of pyridine rings is 1. The molecule has 0 N–H and O–H groups in total. The smallest absolute Gasteiger partial charge is 0.250 e. The van der Waals surface area contributed by atoms with Gasteiger partial charge in [-0.3, -0.25) is 9.69 Å². The van der Waals surface area contributed by atoms with Crippen LogP contribution in [0.5, 0.6) is 5.88 Å². The van der Waals surface area contributed by atoms with Crippen LogP contribution in [-0.2, 0) is 11.3 Å². The fraction of sp³-hybridized carbons (Fsp3) is 0.435. The van der Waals surface area contributed by atoms with Crippen molar-refractivity contribution in [2.45, 2.75) is 19.1 Å². The van der Waals surface area contributed by atoms with E-state index in [1.807, 2.05) is 18.3 Å². The van der Waals surface area contributed by atoms with E-state index in [2.05, 4.69) is 31.9 Å². The number of benzene rings is 1. The second-order valence-electron chi connectivity index (χ2n) is 8.04. The lowest BCUT2D eigenvalue weighted by Crippen LogP contribution is -2.47. The van der Waals surface area contributed by atoms with Gasteiger partial charge in [-0.15, -0.1) is 0 Å². The maximum atomic E-state index is 11.9. The molecule has 0 saturated carbocycles. The summed E-state index contributed by atoms with van der Waals surface area (Å²) in [5, 5.41) is 0.942. The Morgan fingerprint density at radius 3 is 2.77 bits per heavy atom. The van der Waals surface area contributed by atoms with Gasteiger partial charge >= 0.3 is 0 Å². The highest BCUT2D eigenvalue weighted by molar-refractivity contribution is 5.86. The van der Waals surface area contributed by atoms with Crippen molar-refractivity contribution in [1.82, 2.24) is 19.4 Å². The van der Waals surface area contributed by atoms with Gasteiger partial charge < -0.3 is 18.9 Å². The Morgan fingerprint density at radius 2 is 1.97 bits per heavy atom. The van der Waals surface area contributed by atoms with Crippen LogP contribution in [0.3, 0.4) is 0 Å². The molecule has 1 aromatic carbocycles. The Bertz CT molecular complexity index is 1090. The first-order valence-corrected chi connectivity index (χ1v) is 10.9. The van der Waals surface area contributed by atoms with Gasteiger partial charge in [-0.25, -0.2) is 9.97 Å². The summed E-state index contributed by atoms with van der Waals surface area (Å²) in [4.78, 5) is 25.5. The highest BCUT2D eigenvalue weighted by Crippen LogP contribution is 2.28. The number of piperazine rings is 1. The molecule has 0 bridgehead atoms. The van der Waals surface area contributed by atoms with E-state index >= 15 is 0 Å². The molecule has 2 fully saturated rings. The minimum atomic E-state index is 0.0571. The Balaban J connectivity index is 1.24. The summed E-state index contributed by atoms with van der Waals surface area (Å²) < 4.78 is 13.3. The number of aromatic nitrogens is 3. The number of ether oxygens (including phenoxy) is 2. The van der Waals surface area contributed by atoms with E-state index in [1.165, 1.54) is 0 Å². The van der Waals surface area contributed by atoms with Crippen molar-refractivity contribution in [3.05, 3.63) is 59.3 Å². The van der Waals surface area contributed by atoms with Crippen LogP contribution < -0.4 is 15.2 Å². The topological polar surface area (TPSA) is 72.7 Å². The lowest BCUT2D eigenvalue weighted by atomic mass is 10.2. The van der Waals surface area contributed by atoms with E-state index in [4.69, 9.17) is 9.47 Å². The summed E-state index contributed by atoms with van der Waals surface area (Å²) >= 11 is 0. The van der Waals surface area contributed by atoms with E-state index in [-0.39, 0.29) is 11.7 Å². The van der Waals surface area contributed by atoms with Crippen molar-refractivity contribution < 1.29 is 9.47 Å². The van der Waals surface area contributed by atoms with Gasteiger partial charge in [0.2, 0.25) is 5.88 Å². The van der Waals surface area contributed by atoms with Crippen molar-refractivity contribution in [3.8, 4) is 5.88 Å². The maximum absolute atomic E-state index is 11.9. The molecule has 5 rings (SSSR count). The minimum Gasteiger partial charge on any atom is -0.471 e. The van der Waals surface area contributed by atoms with Crippen LogP contribution in [0.4, 0.5) is 5.69 Å². The van der Waals surface area contributed by atoms with Gasteiger partial charge in [0.25, 0.3) is 5.56 Å². The average molecular weight is 422 g/mol. The average Bonchev–Trinajstić information content (AvgIpc) is 3.32. The van der Waals surface area contributed by atoms with Gasteiger partial charge in [0, 0.05) is 63.6 Å². The molecule has 0 spiro atoms. The normalized spacial score (nSPS) is 19.7. The molecule has 3 aromatic rings. The summed E-state index contributed by atoms with van der Waals surface area (Å²) in [6.45, 7) is 6.76. The standard InChI is InChI=1S/C23H27N5O3/c29-22-3-1-2-7-28(22)13-10-26-8-11-27(12-9-26)18-4-5-21-20(15-18)23(25-17-24-21)31-19-6-14-30-16-19/h1-5,7,15,17,19H,6,8-14,16H2. The molecule has 31 heavy (non-hydrogen) atoms. The van der Waals surface area contributed by atoms with Gasteiger partial charge in [0.1, 0.15) is 12.4 Å². The zero-order chi connectivity index (χ0) is 21.0. The molecular weight excluding hydrogens is 394 g/mol. The third-order valence-electron chi connectivity index (χ3n) is 6.04. The van der Waals surface area contributed by atoms with Crippen LogP contribution in [-0.4, -0.2) is 71.5 Å². The third kappa shape index (κ3) is 4.55. The van der Waals surface area contributed by atoms with Gasteiger partial charge in [0.05, 0.1) is 24.1 Å². The molecule has 2 aromatic heterocycles. The molecule has 1 atom stereocenters. The van der Waals surface area contributed by atoms with Gasteiger partial charge in [-0.2, -0.15) is 0 Å². The van der Waals surface area contributed by atoms with Crippen LogP contribution in [0, 0.1) is 0 Å². The molecule has 0 amide bonds. The molecule has 8 heteroatoms. The number of rotatable bonds is 6. The monoisotopic (exact) mass is 421 g/mol. The molecule has 1 unspecified atom stereocenters. The van der Waals surface area contributed by atoms with Crippen molar-refractivity contribution in [2.24, 2.45) is 0 Å².